The summed E-state index contributed by atoms with van der Waals surface area (Å²) in [5.74, 6) is -5.21. The second kappa shape index (κ2) is 73.3. The van der Waals surface area contributed by atoms with Gasteiger partial charge < -0.3 is 144 Å². The predicted molar refractivity (Wildman–Crippen MR) is 105 cm³/mol. The van der Waals surface area contributed by atoms with Crippen molar-refractivity contribution in [1.29, 1.82) is 0 Å². The summed E-state index contributed by atoms with van der Waals surface area (Å²) in [5.41, 5.74) is 0. The normalized spacial score (nSPS) is 12.7. The molecule has 0 rings (SSSR count). The Kier molecular flexibility index (Phi) is 167. The summed E-state index contributed by atoms with van der Waals surface area (Å²) in [6.45, 7) is -0.822. The largest absolute Gasteiger partial charge is 2.00 e. The predicted octanol–water partition coefficient (Wildman–Crippen LogP) is -51.5. The minimum absolute atomic E-state index is 0. The third kappa shape index (κ3) is 107. The number of aliphatic hydroxyl groups is 8. The van der Waals surface area contributed by atoms with Gasteiger partial charge in [-0.3, -0.25) is 0 Å². The van der Waals surface area contributed by atoms with Gasteiger partial charge in [0.1, 0.15) is 30.5 Å². The minimum atomic E-state index is -5.39. The number of hydrogen-bond acceptors (Lipinski definition) is 24. The molecule has 8 N–H and O–H groups in total. The average molecular weight is 1040 g/mol. The Morgan fingerprint density at radius 1 is 0.566 bits per heavy atom. The number of phosphoric acid groups is 2. The second-order valence-corrected chi connectivity index (χ2v) is 8.11. The molecule has 0 saturated heterocycles. The number of carboxylic acids is 3. The molecule has 39 heteroatoms. The molecule has 0 fully saturated rings. The molecule has 0 heterocycles. The molecule has 53 heavy (non-hydrogen) atoms. The van der Waals surface area contributed by atoms with Crippen molar-refractivity contribution >= 4 is 94.3 Å². The number of rotatable bonds is 10. The quantitative estimate of drug-likeness (QED) is 0.0744. The van der Waals surface area contributed by atoms with E-state index in [1.54, 1.807) is 0 Å². The van der Waals surface area contributed by atoms with Crippen LogP contribution in [-0.4, -0.2) is 182 Å². The number of carboxylic acid groups (broad SMARTS) is 3. The van der Waals surface area contributed by atoms with Gasteiger partial charge in [0, 0.05) is 11.9 Å². The summed E-state index contributed by atoms with van der Waals surface area (Å²) in [6.07, 6.45) is -17.2. The van der Waals surface area contributed by atoms with Gasteiger partial charge in [0.25, 0.3) is 0 Å². The van der Waals surface area contributed by atoms with Gasteiger partial charge in [0.05, 0.1) is 25.3 Å². The second-order valence-electron chi connectivity index (χ2n) is 6.33. The number of carbonyl (C=O) groups is 3. The maximum absolute atomic E-state index is 10.7. The van der Waals surface area contributed by atoms with Gasteiger partial charge >= 0.3 is 414 Å². The number of hydrogen-bond donors (Lipinski definition) is 8. The van der Waals surface area contributed by atoms with Crippen molar-refractivity contribution < 1.29 is 497 Å². The van der Waals surface area contributed by atoms with E-state index in [4.69, 9.17) is 89.2 Å². The molecule has 0 radical (unpaired) electrons. The van der Waals surface area contributed by atoms with Crippen molar-refractivity contribution in [2.75, 3.05) is 13.2 Å². The van der Waals surface area contributed by atoms with Crippen LogP contribution in [0.5, 0.6) is 0 Å². The fraction of sp³-hybridized carbons (Fsp3) is 0.786. The fourth-order valence-electron chi connectivity index (χ4n) is 1.30. The van der Waals surface area contributed by atoms with Crippen LogP contribution in [0.1, 0.15) is 6.92 Å². The van der Waals surface area contributed by atoms with Gasteiger partial charge in [-0.1, -0.05) is 6.10 Å². The average Bonchev–Trinajstić information content (AvgIpc) is 2.77. The summed E-state index contributed by atoms with van der Waals surface area (Å²) < 4.78 is 17.1. The Morgan fingerprint density at radius 2 is 0.755 bits per heavy atom. The van der Waals surface area contributed by atoms with Crippen LogP contribution in [0.4, 0.5) is 0 Å². The summed E-state index contributed by atoms with van der Waals surface area (Å²) in [5, 5.41) is 119. The SMILES string of the molecule is CC(=O)[O-].O=C([O-])[C@H](O)[C@@H](O)[C@H](O)[C@H](O)CO.O=C([O-])[C@H]([O-])[C@@H]([O-])[C@H](O)[C@H](O)CO.O=P([O-])([O-])[O-].O=P([O-])([O-])[O-].[Ca+2].[Cl-].[Cl-].[K+].[K+].[K+].[K+].[Mg+2].[Na+].[Na+].[Na+].[Na+].[Na+]. The third-order valence-corrected chi connectivity index (χ3v) is 2.94. The Balaban J connectivity index is -0.0000000181. The monoisotopic (exact) mass is 1040 g/mol. The zero-order valence-corrected chi connectivity index (χ0v) is 60.1. The van der Waals surface area contributed by atoms with Gasteiger partial charge in [0.2, 0.25) is 0 Å². The summed E-state index contributed by atoms with van der Waals surface area (Å²) in [7, 11) is -10.8. The third-order valence-electron chi connectivity index (χ3n) is 2.94. The molecule has 0 aromatic carbocycles. The summed E-state index contributed by atoms with van der Waals surface area (Å²) >= 11 is 0. The first-order valence-corrected chi connectivity index (χ1v) is 12.2. The first-order chi connectivity index (χ1) is 17.6. The van der Waals surface area contributed by atoms with E-state index in [0.717, 1.165) is 6.92 Å². The van der Waals surface area contributed by atoms with E-state index in [0.29, 0.717) is 0 Å². The van der Waals surface area contributed by atoms with Gasteiger partial charge in [0.15, 0.2) is 0 Å². The van der Waals surface area contributed by atoms with Crippen molar-refractivity contribution in [2.24, 2.45) is 0 Å². The molecule has 260 valence electrons. The van der Waals surface area contributed by atoms with Crippen LogP contribution >= 0.6 is 15.6 Å². The molecule has 0 aliphatic rings. The van der Waals surface area contributed by atoms with E-state index in [1.807, 2.05) is 0 Å². The molecular weight excluding hydrogens is 1020 g/mol. The molecule has 0 aromatic rings. The first kappa shape index (κ1) is 121. The van der Waals surface area contributed by atoms with E-state index in [2.05, 4.69) is 0 Å². The number of aliphatic carboxylic acids is 3. The molecule has 0 bridgehead atoms. The maximum Gasteiger partial charge on any atom is 2.00 e. The topological polar surface area (TPSA) is 501 Å². The molecule has 0 aliphatic carbocycles. The van der Waals surface area contributed by atoms with Gasteiger partial charge in [-0.15, -0.1) is 6.10 Å². The molecule has 0 aliphatic heterocycles. The maximum atomic E-state index is 10.7. The zero-order valence-electron chi connectivity index (χ0n) is 30.7. The van der Waals surface area contributed by atoms with Gasteiger partial charge in [-0.2, -0.15) is 15.6 Å². The number of halogens is 2. The molecule has 24 nitrogen and oxygen atoms in total. The van der Waals surface area contributed by atoms with Crippen LogP contribution in [0.15, 0.2) is 0 Å². The summed E-state index contributed by atoms with van der Waals surface area (Å²) in [4.78, 5) is 80.0. The fourth-order valence-corrected chi connectivity index (χ4v) is 1.30. The zero-order chi connectivity index (χ0) is 33.8. The smallest absolute Gasteiger partial charge is 1.00 e. The van der Waals surface area contributed by atoms with Crippen LogP contribution in [0.2, 0.25) is 0 Å². The van der Waals surface area contributed by atoms with Crippen molar-refractivity contribution in [1.82, 2.24) is 0 Å². The standard InChI is InChI=1S/C6H12O7.C6H10O7.C2H4O2.Ca.2ClH.4K.Mg.5Na.2H3O4P/c2*7-1-2(8)3(9)4(10)5(11)6(12)13;1-2(3)4;;;;;;;;;;;;;;2*1-5(2,3)4/h2-5,7-11H,1H2,(H,12,13);2-5,7-9H,1H2,(H,12,13);1H3,(H,3,4);;2*1H;;;;;;;;;;;2*(H3,1,2,3,4)/q;-2;;+2;;;4*+1;+2;5*+1;;/p-11/t2*2-,3-,4+,5-;;;;;;;;;;;;;;;;/m11................/s1. The minimum Gasteiger partial charge on any atom is -1.00 e. The molecule has 0 unspecified atom stereocenters. The van der Waals surface area contributed by atoms with Crippen LogP contribution in [0, 0.1) is 0 Å². The van der Waals surface area contributed by atoms with Gasteiger partial charge in [-0.25, -0.2) is 0 Å². The Morgan fingerprint density at radius 3 is 0.906 bits per heavy atom. The number of carbonyl (C=O) groups excluding carboxylic acids is 3. The van der Waals surface area contributed by atoms with E-state index < -0.39 is 95.6 Å². The van der Waals surface area contributed by atoms with Crippen LogP contribution < -0.4 is 433 Å². The first-order valence-electron chi connectivity index (χ1n) is 9.23. The Bertz CT molecular complexity index is 770. The Hall–Kier alpha value is 12.4. The van der Waals surface area contributed by atoms with E-state index in [9.17, 15) is 30.0 Å². The van der Waals surface area contributed by atoms with Gasteiger partial charge in [-0.05, 0) is 6.92 Å². The molecule has 0 saturated carbocycles. The van der Waals surface area contributed by atoms with E-state index in [-0.39, 0.29) is 439 Å². The summed E-state index contributed by atoms with van der Waals surface area (Å²) in [6, 6.07) is 0. The van der Waals surface area contributed by atoms with E-state index in [1.165, 1.54) is 0 Å². The molecule has 0 spiro atoms. The van der Waals surface area contributed by atoms with E-state index >= 15 is 0 Å². The van der Waals surface area contributed by atoms with Crippen molar-refractivity contribution in [3.63, 3.8) is 0 Å². The van der Waals surface area contributed by atoms with Crippen LogP contribution in [-0.2, 0) is 23.5 Å². The molecule has 0 aromatic heterocycles. The van der Waals surface area contributed by atoms with Crippen LogP contribution in [0.3, 0.4) is 0 Å². The van der Waals surface area contributed by atoms with Crippen molar-refractivity contribution in [3.05, 3.63) is 0 Å². The van der Waals surface area contributed by atoms with Crippen LogP contribution in [0.25, 0.3) is 0 Å². The number of aliphatic hydroxyl groups excluding tert-OH is 8. The van der Waals surface area contributed by atoms with Crippen molar-refractivity contribution in [2.45, 2.75) is 55.8 Å². The van der Waals surface area contributed by atoms with Crippen molar-refractivity contribution in [3.8, 4) is 0 Å². The molecular formula is C14H23CaCl2K4MgNa5O24P2. The molecule has 8 atom stereocenters. The Labute approximate surface area is 643 Å². The molecule has 0 amide bonds.